The van der Waals surface area contributed by atoms with E-state index in [1.54, 1.807) is 16.6 Å². The van der Waals surface area contributed by atoms with E-state index in [0.29, 0.717) is 18.4 Å². The van der Waals surface area contributed by atoms with Crippen molar-refractivity contribution in [1.29, 1.82) is 0 Å². The minimum absolute atomic E-state index is 0.0112. The topological polar surface area (TPSA) is 79.4 Å². The van der Waals surface area contributed by atoms with Crippen LogP contribution in [0.5, 0.6) is 0 Å². The fraction of sp³-hybridized carbons (Fsp3) is 0.474. The average Bonchev–Trinajstić information content (AvgIpc) is 2.87. The number of fused-ring (bicyclic) bond motifs is 3. The monoisotopic (exact) mass is 373 g/mol. The van der Waals surface area contributed by atoms with Crippen molar-refractivity contribution in [2.45, 2.75) is 50.7 Å². The Labute approximate surface area is 153 Å². The summed E-state index contributed by atoms with van der Waals surface area (Å²) in [5.41, 5.74) is 2.58. The van der Waals surface area contributed by atoms with Crippen LogP contribution in [0.25, 0.3) is 10.9 Å². The molecule has 3 heterocycles. The van der Waals surface area contributed by atoms with E-state index in [2.05, 4.69) is 10.3 Å². The zero-order valence-electron chi connectivity index (χ0n) is 15.0. The zero-order valence-corrected chi connectivity index (χ0v) is 15.8. The van der Waals surface area contributed by atoms with Crippen molar-refractivity contribution in [2.24, 2.45) is 0 Å². The van der Waals surface area contributed by atoms with Gasteiger partial charge in [-0.1, -0.05) is 0 Å². The third kappa shape index (κ3) is 3.10. The second kappa shape index (κ2) is 6.32. The molecular formula is C19H23N3O3S. The Balaban J connectivity index is 1.51. The minimum atomic E-state index is -3.18. The van der Waals surface area contributed by atoms with E-state index < -0.39 is 10.0 Å². The second-order valence-corrected chi connectivity index (χ2v) is 9.37. The lowest BCUT2D eigenvalue weighted by atomic mass is 9.99. The van der Waals surface area contributed by atoms with E-state index in [9.17, 15) is 13.2 Å². The molecule has 0 spiro atoms. The largest absolute Gasteiger partial charge is 0.349 e. The van der Waals surface area contributed by atoms with Gasteiger partial charge < -0.3 is 5.32 Å². The van der Waals surface area contributed by atoms with Crippen LogP contribution in [-0.2, 0) is 10.0 Å². The summed E-state index contributed by atoms with van der Waals surface area (Å²) in [4.78, 5) is 17.0. The molecule has 2 unspecified atom stereocenters. The summed E-state index contributed by atoms with van der Waals surface area (Å²) in [5.74, 6) is -0.104. The van der Waals surface area contributed by atoms with Crippen molar-refractivity contribution in [3.05, 3.63) is 41.6 Å². The molecule has 2 aliphatic heterocycles. The number of aromatic nitrogens is 1. The number of pyridine rings is 1. The Kier molecular flexibility index (Phi) is 4.23. The predicted molar refractivity (Wildman–Crippen MR) is 100 cm³/mol. The zero-order chi connectivity index (χ0) is 18.5. The van der Waals surface area contributed by atoms with Crippen LogP contribution in [0.1, 0.15) is 41.6 Å². The lowest BCUT2D eigenvalue weighted by molar-refractivity contribution is 0.0909. The van der Waals surface area contributed by atoms with Gasteiger partial charge in [-0.25, -0.2) is 8.42 Å². The number of aryl methyl sites for hydroxylation is 1. The average molecular weight is 373 g/mol. The summed E-state index contributed by atoms with van der Waals surface area (Å²) in [6.45, 7) is 2.00. The van der Waals surface area contributed by atoms with Crippen LogP contribution in [0.2, 0.25) is 0 Å². The highest BCUT2D eigenvalue weighted by Crippen LogP contribution is 2.37. The molecule has 6 nitrogen and oxygen atoms in total. The third-order valence-corrected chi connectivity index (χ3v) is 6.97. The molecule has 2 saturated heterocycles. The van der Waals surface area contributed by atoms with Crippen LogP contribution in [0.15, 0.2) is 30.5 Å². The van der Waals surface area contributed by atoms with Gasteiger partial charge in [-0.2, -0.15) is 4.31 Å². The number of hydrogen-bond donors (Lipinski definition) is 1. The molecule has 4 rings (SSSR count). The number of hydrogen-bond acceptors (Lipinski definition) is 4. The predicted octanol–water partition coefficient (Wildman–Crippen LogP) is 2.23. The number of rotatable bonds is 3. The van der Waals surface area contributed by atoms with E-state index in [0.717, 1.165) is 29.3 Å². The molecule has 0 radical (unpaired) electrons. The lowest BCUT2D eigenvalue weighted by Gasteiger charge is -2.37. The Morgan fingerprint density at radius 1 is 1.19 bits per heavy atom. The molecule has 1 aromatic heterocycles. The number of piperidine rings is 1. The summed E-state index contributed by atoms with van der Waals surface area (Å²) in [6.07, 6.45) is 6.17. The van der Waals surface area contributed by atoms with Crippen LogP contribution in [0.3, 0.4) is 0 Å². The lowest BCUT2D eigenvalue weighted by Crippen LogP contribution is -2.52. The van der Waals surface area contributed by atoms with Gasteiger partial charge in [-0.15, -0.1) is 0 Å². The number of benzene rings is 1. The molecule has 2 aliphatic rings. The summed E-state index contributed by atoms with van der Waals surface area (Å²) >= 11 is 0. The van der Waals surface area contributed by atoms with Crippen molar-refractivity contribution < 1.29 is 13.2 Å². The van der Waals surface area contributed by atoms with E-state index in [-0.39, 0.29) is 24.0 Å². The smallest absolute Gasteiger partial charge is 0.251 e. The minimum Gasteiger partial charge on any atom is -0.349 e. The van der Waals surface area contributed by atoms with Gasteiger partial charge in [0, 0.05) is 35.3 Å². The first-order valence-electron chi connectivity index (χ1n) is 8.97. The highest BCUT2D eigenvalue weighted by atomic mass is 32.2. The molecule has 2 bridgehead atoms. The molecule has 2 fully saturated rings. The summed E-state index contributed by atoms with van der Waals surface area (Å²) in [5, 5.41) is 4.09. The molecular weight excluding hydrogens is 350 g/mol. The Morgan fingerprint density at radius 2 is 1.88 bits per heavy atom. The van der Waals surface area contributed by atoms with Gasteiger partial charge in [0.1, 0.15) is 0 Å². The maximum absolute atomic E-state index is 12.7. The molecule has 1 amide bonds. The molecule has 2 aromatic rings. The summed E-state index contributed by atoms with van der Waals surface area (Å²) in [7, 11) is -3.18. The van der Waals surface area contributed by atoms with Gasteiger partial charge in [0.05, 0.1) is 11.8 Å². The molecule has 2 atom stereocenters. The van der Waals surface area contributed by atoms with Crippen molar-refractivity contribution in [2.75, 3.05) is 6.26 Å². The van der Waals surface area contributed by atoms with E-state index in [4.69, 9.17) is 0 Å². The van der Waals surface area contributed by atoms with E-state index >= 15 is 0 Å². The molecule has 1 N–H and O–H groups in total. The normalized spacial score (nSPS) is 26.2. The molecule has 0 aliphatic carbocycles. The van der Waals surface area contributed by atoms with Crippen LogP contribution < -0.4 is 5.32 Å². The van der Waals surface area contributed by atoms with Gasteiger partial charge >= 0.3 is 0 Å². The van der Waals surface area contributed by atoms with Crippen molar-refractivity contribution in [3.63, 3.8) is 0 Å². The van der Waals surface area contributed by atoms with Crippen molar-refractivity contribution >= 4 is 26.8 Å². The number of sulfonamides is 1. The standard InChI is InChI=1S/C19H23N3O3S/c1-12-7-8-20-18-6-3-13(9-17(12)18)19(23)21-14-10-15-4-5-16(11-14)22(15)26(2,24)25/h3,6-9,14-16H,4-5,10-11H2,1-2H3,(H,21,23). The number of amides is 1. The van der Waals surface area contributed by atoms with Gasteiger partial charge in [0.2, 0.25) is 10.0 Å². The van der Waals surface area contributed by atoms with Gasteiger partial charge in [-0.05, 0) is 62.4 Å². The third-order valence-electron chi connectivity index (χ3n) is 5.61. The molecule has 0 saturated carbocycles. The molecule has 1 aromatic carbocycles. The van der Waals surface area contributed by atoms with Crippen LogP contribution in [0.4, 0.5) is 0 Å². The second-order valence-electron chi connectivity index (χ2n) is 7.48. The fourth-order valence-electron chi connectivity index (χ4n) is 4.49. The highest BCUT2D eigenvalue weighted by molar-refractivity contribution is 7.88. The first kappa shape index (κ1) is 17.4. The Hall–Kier alpha value is -1.99. The van der Waals surface area contributed by atoms with Crippen molar-refractivity contribution in [1.82, 2.24) is 14.6 Å². The molecule has 138 valence electrons. The molecule has 7 heteroatoms. The number of carbonyl (C=O) groups excluding carboxylic acids is 1. The van der Waals surface area contributed by atoms with Crippen LogP contribution in [0, 0.1) is 6.92 Å². The Bertz CT molecular complexity index is 959. The first-order chi connectivity index (χ1) is 12.3. The van der Waals surface area contributed by atoms with Gasteiger partial charge in [0.25, 0.3) is 5.91 Å². The Morgan fingerprint density at radius 3 is 2.54 bits per heavy atom. The van der Waals surface area contributed by atoms with Crippen molar-refractivity contribution in [3.8, 4) is 0 Å². The quantitative estimate of drug-likeness (QED) is 0.895. The fourth-order valence-corrected chi connectivity index (χ4v) is 5.95. The molecule has 26 heavy (non-hydrogen) atoms. The maximum atomic E-state index is 12.7. The first-order valence-corrected chi connectivity index (χ1v) is 10.8. The van der Waals surface area contributed by atoms with Gasteiger partial charge in [0.15, 0.2) is 0 Å². The maximum Gasteiger partial charge on any atom is 0.251 e. The van der Waals surface area contributed by atoms with Crippen LogP contribution >= 0.6 is 0 Å². The number of nitrogens with zero attached hydrogens (tertiary/aromatic N) is 2. The van der Waals surface area contributed by atoms with E-state index in [1.165, 1.54) is 6.26 Å². The highest BCUT2D eigenvalue weighted by Gasteiger charge is 2.45. The number of nitrogens with one attached hydrogen (secondary N) is 1. The summed E-state index contributed by atoms with van der Waals surface area (Å²) < 4.78 is 25.6. The number of carbonyl (C=O) groups is 1. The SMILES string of the molecule is Cc1ccnc2ccc(C(=O)NC3CC4CCC(C3)N4S(C)(=O)=O)cc12. The van der Waals surface area contributed by atoms with Gasteiger partial charge in [-0.3, -0.25) is 9.78 Å². The van der Waals surface area contributed by atoms with Crippen LogP contribution in [-0.4, -0.2) is 48.0 Å². The summed E-state index contributed by atoms with van der Waals surface area (Å²) in [6, 6.07) is 7.52. The van der Waals surface area contributed by atoms with E-state index in [1.807, 2.05) is 25.1 Å².